The van der Waals surface area contributed by atoms with Crippen molar-refractivity contribution in [2.45, 2.75) is 51.4 Å². The largest absolute Gasteiger partial charge is 0.368 e. The molecule has 3 rings (SSSR count). The minimum atomic E-state index is 0.278. The minimum absolute atomic E-state index is 0.278. The first-order valence-electron chi connectivity index (χ1n) is 7.34. The topological polar surface area (TPSA) is 24.4 Å². The van der Waals surface area contributed by atoms with E-state index in [1.165, 1.54) is 29.5 Å². The predicted octanol–water partition coefficient (Wildman–Crippen LogP) is 3.39. The summed E-state index contributed by atoms with van der Waals surface area (Å²) in [5.41, 5.74) is 4.86. The van der Waals surface area contributed by atoms with Crippen LogP contribution in [0.25, 0.3) is 0 Å². The Bertz CT molecular complexity index is 538. The van der Waals surface area contributed by atoms with E-state index in [2.05, 4.69) is 56.2 Å². The monoisotopic (exact) mass is 256 g/mol. The summed E-state index contributed by atoms with van der Waals surface area (Å²) in [7, 11) is 0. The fourth-order valence-corrected chi connectivity index (χ4v) is 3.33. The van der Waals surface area contributed by atoms with Gasteiger partial charge in [-0.3, -0.25) is 4.99 Å². The highest BCUT2D eigenvalue weighted by molar-refractivity contribution is 6.00. The number of benzene rings is 1. The summed E-state index contributed by atoms with van der Waals surface area (Å²) < 4.78 is 0. The second-order valence-electron chi connectivity index (χ2n) is 7.19. The molecule has 0 unspecified atom stereocenters. The number of hydrogen-bond acceptors (Lipinski definition) is 2. The number of amidine groups is 1. The van der Waals surface area contributed by atoms with Crippen LogP contribution in [0.4, 0.5) is 0 Å². The first-order valence-corrected chi connectivity index (χ1v) is 7.34. The van der Waals surface area contributed by atoms with Crippen LogP contribution in [0.2, 0.25) is 0 Å². The zero-order valence-corrected chi connectivity index (χ0v) is 12.5. The number of nitrogens with one attached hydrogen (secondary N) is 1. The van der Waals surface area contributed by atoms with Crippen molar-refractivity contribution in [2.75, 3.05) is 13.1 Å². The average molecular weight is 256 g/mol. The van der Waals surface area contributed by atoms with Crippen LogP contribution >= 0.6 is 0 Å². The highest BCUT2D eigenvalue weighted by Crippen LogP contribution is 2.45. The molecule has 1 aliphatic carbocycles. The van der Waals surface area contributed by atoms with Gasteiger partial charge >= 0.3 is 0 Å². The Morgan fingerprint density at radius 2 is 1.68 bits per heavy atom. The maximum absolute atomic E-state index is 4.54. The second kappa shape index (κ2) is 4.09. The third kappa shape index (κ3) is 2.07. The van der Waals surface area contributed by atoms with E-state index in [0.29, 0.717) is 5.41 Å². The van der Waals surface area contributed by atoms with Gasteiger partial charge in [-0.15, -0.1) is 0 Å². The first-order chi connectivity index (χ1) is 8.90. The van der Waals surface area contributed by atoms with E-state index in [9.17, 15) is 0 Å². The van der Waals surface area contributed by atoms with E-state index in [-0.39, 0.29) is 5.41 Å². The summed E-state index contributed by atoms with van der Waals surface area (Å²) in [6.45, 7) is 11.4. The zero-order valence-electron chi connectivity index (χ0n) is 12.5. The molecule has 0 radical (unpaired) electrons. The third-order valence-corrected chi connectivity index (χ3v) is 4.80. The van der Waals surface area contributed by atoms with Gasteiger partial charge in [0.15, 0.2) is 0 Å². The molecule has 1 aliphatic heterocycles. The Morgan fingerprint density at radius 3 is 2.32 bits per heavy atom. The van der Waals surface area contributed by atoms with E-state index in [0.717, 1.165) is 18.9 Å². The fraction of sp³-hybridized carbons (Fsp3) is 0.588. The molecule has 2 nitrogen and oxygen atoms in total. The van der Waals surface area contributed by atoms with E-state index in [4.69, 9.17) is 0 Å². The predicted molar refractivity (Wildman–Crippen MR) is 81.1 cm³/mol. The summed E-state index contributed by atoms with van der Waals surface area (Å²) in [5.74, 6) is 1.07. The van der Waals surface area contributed by atoms with Crippen molar-refractivity contribution in [3.63, 3.8) is 0 Å². The van der Waals surface area contributed by atoms with Crippen molar-refractivity contribution in [3.05, 3.63) is 34.9 Å². The molecule has 0 saturated carbocycles. The summed E-state index contributed by atoms with van der Waals surface area (Å²) in [5, 5.41) is 3.38. The Morgan fingerprint density at radius 1 is 1.00 bits per heavy atom. The number of aliphatic imine (C=N–C) groups is 1. The van der Waals surface area contributed by atoms with Crippen LogP contribution in [-0.2, 0) is 10.8 Å². The van der Waals surface area contributed by atoms with Gasteiger partial charge in [-0.1, -0.05) is 39.8 Å². The molecule has 2 aliphatic rings. The number of nitrogens with zero attached hydrogens (tertiary/aromatic N) is 1. The molecular weight excluding hydrogens is 232 g/mol. The summed E-state index contributed by atoms with van der Waals surface area (Å²) >= 11 is 0. The lowest BCUT2D eigenvalue weighted by Crippen LogP contribution is -2.34. The Kier molecular flexibility index (Phi) is 2.74. The molecule has 0 fully saturated rings. The van der Waals surface area contributed by atoms with E-state index >= 15 is 0 Å². The highest BCUT2D eigenvalue weighted by Gasteiger charge is 2.37. The van der Waals surface area contributed by atoms with Crippen LogP contribution in [0, 0.1) is 0 Å². The van der Waals surface area contributed by atoms with E-state index in [1.807, 2.05) is 0 Å². The fourth-order valence-electron chi connectivity index (χ4n) is 3.33. The lowest BCUT2D eigenvalue weighted by Gasteiger charge is -2.42. The van der Waals surface area contributed by atoms with Crippen molar-refractivity contribution >= 4 is 5.84 Å². The quantitative estimate of drug-likeness (QED) is 0.818. The minimum Gasteiger partial charge on any atom is -0.368 e. The Labute approximate surface area is 116 Å². The third-order valence-electron chi connectivity index (χ3n) is 4.80. The molecule has 0 amide bonds. The molecule has 0 spiro atoms. The van der Waals surface area contributed by atoms with Crippen LogP contribution in [0.3, 0.4) is 0 Å². The average Bonchev–Trinajstić information content (AvgIpc) is 2.89. The Hall–Kier alpha value is -1.31. The van der Waals surface area contributed by atoms with Crippen molar-refractivity contribution in [1.82, 2.24) is 5.32 Å². The molecule has 0 bridgehead atoms. The molecule has 1 heterocycles. The van der Waals surface area contributed by atoms with E-state index < -0.39 is 0 Å². The smallest absolute Gasteiger partial charge is 0.128 e. The van der Waals surface area contributed by atoms with Gasteiger partial charge in [-0.05, 0) is 40.9 Å². The van der Waals surface area contributed by atoms with Gasteiger partial charge in [0.25, 0.3) is 0 Å². The second-order valence-corrected chi connectivity index (χ2v) is 7.19. The molecule has 1 aromatic carbocycles. The van der Waals surface area contributed by atoms with Crippen molar-refractivity contribution in [3.8, 4) is 0 Å². The first kappa shape index (κ1) is 12.7. The van der Waals surface area contributed by atoms with Crippen molar-refractivity contribution in [2.24, 2.45) is 4.99 Å². The number of fused-ring (bicyclic) bond motifs is 1. The lowest BCUT2D eigenvalue weighted by atomic mass is 9.63. The van der Waals surface area contributed by atoms with Gasteiger partial charge in [0.1, 0.15) is 5.84 Å². The van der Waals surface area contributed by atoms with Crippen LogP contribution < -0.4 is 5.32 Å². The van der Waals surface area contributed by atoms with Crippen molar-refractivity contribution < 1.29 is 0 Å². The van der Waals surface area contributed by atoms with Gasteiger partial charge < -0.3 is 5.32 Å². The van der Waals surface area contributed by atoms with Crippen molar-refractivity contribution in [1.29, 1.82) is 0 Å². The summed E-state index contributed by atoms with van der Waals surface area (Å²) in [6.07, 6.45) is 2.53. The number of hydrogen-bond donors (Lipinski definition) is 1. The molecule has 0 atom stereocenters. The molecule has 0 saturated heterocycles. The maximum Gasteiger partial charge on any atom is 0.128 e. The van der Waals surface area contributed by atoms with Gasteiger partial charge in [-0.2, -0.15) is 0 Å². The van der Waals surface area contributed by atoms with Crippen LogP contribution in [0.1, 0.15) is 57.2 Å². The summed E-state index contributed by atoms with van der Waals surface area (Å²) in [4.78, 5) is 4.54. The molecule has 19 heavy (non-hydrogen) atoms. The summed E-state index contributed by atoms with van der Waals surface area (Å²) in [6, 6.07) is 6.93. The maximum atomic E-state index is 4.54. The van der Waals surface area contributed by atoms with Crippen LogP contribution in [0.15, 0.2) is 23.2 Å². The molecule has 1 aromatic rings. The van der Waals surface area contributed by atoms with Gasteiger partial charge in [0.05, 0.1) is 6.54 Å². The van der Waals surface area contributed by atoms with Crippen LogP contribution in [-0.4, -0.2) is 18.9 Å². The molecule has 102 valence electrons. The van der Waals surface area contributed by atoms with Gasteiger partial charge in [-0.25, -0.2) is 0 Å². The molecule has 2 heteroatoms. The normalized spacial score (nSPS) is 23.5. The molecule has 0 aromatic heterocycles. The van der Waals surface area contributed by atoms with E-state index in [1.54, 1.807) is 0 Å². The van der Waals surface area contributed by atoms with Crippen LogP contribution in [0.5, 0.6) is 0 Å². The highest BCUT2D eigenvalue weighted by atomic mass is 15.1. The molecular formula is C17H24N2. The SMILES string of the molecule is CC1(C)CCC(C)(C)c2cc(C3=NCCN3)ccc21. The number of rotatable bonds is 1. The standard InChI is InChI=1S/C17H24N2/c1-16(2)7-8-17(3,4)14-11-12(5-6-13(14)16)15-18-9-10-19-15/h5-6,11H,7-10H2,1-4H3,(H,18,19). The molecule has 1 N–H and O–H groups in total. The lowest BCUT2D eigenvalue weighted by molar-refractivity contribution is 0.332. The van der Waals surface area contributed by atoms with Gasteiger partial charge in [0.2, 0.25) is 0 Å². The zero-order chi connectivity index (χ0) is 13.7. The van der Waals surface area contributed by atoms with Gasteiger partial charge in [0, 0.05) is 12.1 Å². The Balaban J connectivity index is 2.12.